The Morgan fingerprint density at radius 1 is 0.968 bits per heavy atom. The van der Waals surface area contributed by atoms with Gasteiger partial charge in [0.2, 0.25) is 0 Å². The molecule has 4 rings (SSSR count). The number of rotatable bonds is 5. The van der Waals surface area contributed by atoms with Crippen LogP contribution in [-0.2, 0) is 9.59 Å². The van der Waals surface area contributed by atoms with Gasteiger partial charge in [-0.25, -0.2) is 4.39 Å². The van der Waals surface area contributed by atoms with E-state index >= 15 is 0 Å². The third-order valence-corrected chi connectivity index (χ3v) is 5.12. The smallest absolute Gasteiger partial charge is 0.300 e. The highest BCUT2D eigenvalue weighted by molar-refractivity contribution is 6.51. The van der Waals surface area contributed by atoms with Gasteiger partial charge in [0, 0.05) is 16.8 Å². The zero-order chi connectivity index (χ0) is 22.0. The number of carbonyl (C=O) groups is 2. The van der Waals surface area contributed by atoms with Crippen molar-refractivity contribution in [3.63, 3.8) is 0 Å². The molecule has 1 saturated heterocycles. The highest BCUT2D eigenvalue weighted by Crippen LogP contribution is 2.43. The molecule has 3 aromatic carbocycles. The van der Waals surface area contributed by atoms with E-state index in [1.54, 1.807) is 60.7 Å². The summed E-state index contributed by atoms with van der Waals surface area (Å²) in [6.45, 7) is 2.34. The Bertz CT molecular complexity index is 1160. The van der Waals surface area contributed by atoms with E-state index in [0.29, 0.717) is 23.6 Å². The van der Waals surface area contributed by atoms with Crippen LogP contribution < -0.4 is 9.64 Å². The number of nitrogens with zero attached hydrogens (tertiary/aromatic N) is 1. The predicted molar refractivity (Wildman–Crippen MR) is 115 cm³/mol. The summed E-state index contributed by atoms with van der Waals surface area (Å²) in [5.41, 5.74) is 0.725. The van der Waals surface area contributed by atoms with Gasteiger partial charge in [-0.3, -0.25) is 14.5 Å². The molecule has 6 heteroatoms. The first kappa shape index (κ1) is 20.3. The lowest BCUT2D eigenvalue weighted by Gasteiger charge is -2.26. The van der Waals surface area contributed by atoms with Crippen LogP contribution in [0, 0.1) is 5.82 Å². The number of hydrogen-bond donors (Lipinski definition) is 1. The molecule has 1 fully saturated rings. The molecule has 1 aliphatic rings. The number of aliphatic hydroxyl groups excluding tert-OH is 1. The molecular weight excluding hydrogens is 397 g/mol. The SMILES string of the molecule is CCOc1ccc(N2C(=O)C(=O)/C(=C(/O)c3ccccc3)[C@H]2c2ccccc2F)cc1. The molecule has 31 heavy (non-hydrogen) atoms. The maximum absolute atomic E-state index is 14.8. The van der Waals surface area contributed by atoms with Gasteiger partial charge < -0.3 is 9.84 Å². The molecule has 1 N–H and O–H groups in total. The molecule has 0 spiro atoms. The van der Waals surface area contributed by atoms with Crippen LogP contribution in [-0.4, -0.2) is 23.4 Å². The van der Waals surface area contributed by atoms with E-state index in [1.165, 1.54) is 23.1 Å². The van der Waals surface area contributed by atoms with Crippen molar-refractivity contribution in [1.82, 2.24) is 0 Å². The number of Topliss-reactive ketones (excluding diaryl/α,β-unsaturated/α-hetero) is 1. The maximum atomic E-state index is 14.8. The van der Waals surface area contributed by atoms with E-state index in [9.17, 15) is 19.1 Å². The minimum atomic E-state index is -1.11. The molecule has 5 nitrogen and oxygen atoms in total. The topological polar surface area (TPSA) is 66.8 Å². The lowest BCUT2D eigenvalue weighted by atomic mass is 9.94. The van der Waals surface area contributed by atoms with Crippen LogP contribution in [0.5, 0.6) is 5.75 Å². The Kier molecular flexibility index (Phi) is 5.54. The summed E-state index contributed by atoms with van der Waals surface area (Å²) in [6.07, 6.45) is 0. The normalized spacial score (nSPS) is 17.7. The van der Waals surface area contributed by atoms with Gasteiger partial charge in [0.1, 0.15) is 17.3 Å². The minimum Gasteiger partial charge on any atom is -0.507 e. The molecule has 0 saturated carbocycles. The number of anilines is 1. The van der Waals surface area contributed by atoms with Gasteiger partial charge in [-0.1, -0.05) is 48.5 Å². The third kappa shape index (κ3) is 3.68. The van der Waals surface area contributed by atoms with Crippen LogP contribution in [0.1, 0.15) is 24.1 Å². The van der Waals surface area contributed by atoms with Crippen molar-refractivity contribution in [1.29, 1.82) is 0 Å². The van der Waals surface area contributed by atoms with Crippen molar-refractivity contribution < 1.29 is 23.8 Å². The van der Waals surface area contributed by atoms with Gasteiger partial charge in [-0.05, 0) is 37.3 Å². The summed E-state index contributed by atoms with van der Waals surface area (Å²) in [5.74, 6) is -2.03. The van der Waals surface area contributed by atoms with Gasteiger partial charge >= 0.3 is 0 Å². The van der Waals surface area contributed by atoms with Crippen LogP contribution in [0.3, 0.4) is 0 Å². The minimum absolute atomic E-state index is 0.119. The molecule has 0 bridgehead atoms. The summed E-state index contributed by atoms with van der Waals surface area (Å²) in [5, 5.41) is 10.9. The lowest BCUT2D eigenvalue weighted by molar-refractivity contribution is -0.132. The van der Waals surface area contributed by atoms with Gasteiger partial charge in [0.25, 0.3) is 11.7 Å². The van der Waals surface area contributed by atoms with Crippen molar-refractivity contribution >= 4 is 23.1 Å². The first-order valence-corrected chi connectivity index (χ1v) is 9.86. The molecule has 1 heterocycles. The maximum Gasteiger partial charge on any atom is 0.300 e. The lowest BCUT2D eigenvalue weighted by Crippen LogP contribution is -2.29. The molecule has 1 atom stereocenters. The van der Waals surface area contributed by atoms with Gasteiger partial charge in [0.15, 0.2) is 0 Å². The summed E-state index contributed by atoms with van der Waals surface area (Å²) in [6, 6.07) is 19.8. The van der Waals surface area contributed by atoms with E-state index in [-0.39, 0.29) is 16.9 Å². The second-order valence-corrected chi connectivity index (χ2v) is 6.98. The van der Waals surface area contributed by atoms with Crippen molar-refractivity contribution in [3.05, 3.63) is 101 Å². The zero-order valence-electron chi connectivity index (χ0n) is 16.8. The average molecular weight is 417 g/mol. The fraction of sp³-hybridized carbons (Fsp3) is 0.120. The Hall–Kier alpha value is -3.93. The molecule has 0 unspecified atom stereocenters. The van der Waals surface area contributed by atoms with Gasteiger partial charge in [0.05, 0.1) is 18.2 Å². The molecule has 1 aliphatic heterocycles. The number of ether oxygens (including phenoxy) is 1. The number of amides is 1. The van der Waals surface area contributed by atoms with Crippen LogP contribution in [0.2, 0.25) is 0 Å². The van der Waals surface area contributed by atoms with Crippen molar-refractivity contribution in [2.45, 2.75) is 13.0 Å². The average Bonchev–Trinajstić information content (AvgIpc) is 3.05. The monoisotopic (exact) mass is 417 g/mol. The second-order valence-electron chi connectivity index (χ2n) is 6.98. The first-order valence-electron chi connectivity index (χ1n) is 9.86. The molecule has 0 aliphatic carbocycles. The van der Waals surface area contributed by atoms with Crippen LogP contribution in [0.15, 0.2) is 84.4 Å². The first-order chi connectivity index (χ1) is 15.0. The van der Waals surface area contributed by atoms with E-state index in [1.807, 2.05) is 6.92 Å². The number of benzene rings is 3. The number of ketones is 1. The van der Waals surface area contributed by atoms with E-state index in [4.69, 9.17) is 4.74 Å². The van der Waals surface area contributed by atoms with E-state index in [2.05, 4.69) is 0 Å². The standard InChI is InChI=1S/C25H20FNO4/c1-2-31-18-14-12-17(13-15-18)27-22(19-10-6-7-11-20(19)26)21(24(29)25(27)30)23(28)16-8-4-3-5-9-16/h3-15,22,28H,2H2,1H3/b23-21+/t22-/m1/s1. The van der Waals surface area contributed by atoms with Crippen LogP contribution >= 0.6 is 0 Å². The quantitative estimate of drug-likeness (QED) is 0.366. The van der Waals surface area contributed by atoms with Crippen LogP contribution in [0.25, 0.3) is 5.76 Å². The number of halogens is 1. The Morgan fingerprint density at radius 3 is 2.26 bits per heavy atom. The van der Waals surface area contributed by atoms with Gasteiger partial charge in [-0.2, -0.15) is 0 Å². The fourth-order valence-corrected chi connectivity index (χ4v) is 3.71. The molecule has 0 radical (unpaired) electrons. The van der Waals surface area contributed by atoms with Crippen molar-refractivity contribution in [3.8, 4) is 5.75 Å². The highest BCUT2D eigenvalue weighted by atomic mass is 19.1. The fourth-order valence-electron chi connectivity index (χ4n) is 3.71. The van der Waals surface area contributed by atoms with Crippen LogP contribution in [0.4, 0.5) is 10.1 Å². The van der Waals surface area contributed by atoms with Gasteiger partial charge in [-0.15, -0.1) is 0 Å². The van der Waals surface area contributed by atoms with Crippen molar-refractivity contribution in [2.75, 3.05) is 11.5 Å². The van der Waals surface area contributed by atoms with Crippen molar-refractivity contribution in [2.24, 2.45) is 0 Å². The third-order valence-electron chi connectivity index (χ3n) is 5.12. The largest absolute Gasteiger partial charge is 0.507 e. The molecule has 0 aromatic heterocycles. The Morgan fingerprint density at radius 2 is 1.61 bits per heavy atom. The highest BCUT2D eigenvalue weighted by Gasteiger charge is 2.47. The predicted octanol–water partition coefficient (Wildman–Crippen LogP) is 4.85. The number of carbonyl (C=O) groups excluding carboxylic acids is 2. The Balaban J connectivity index is 1.91. The summed E-state index contributed by atoms with van der Waals surface area (Å²) < 4.78 is 20.3. The Labute approximate surface area is 179 Å². The summed E-state index contributed by atoms with van der Waals surface area (Å²) >= 11 is 0. The van der Waals surface area contributed by atoms with E-state index in [0.717, 1.165) is 0 Å². The summed E-state index contributed by atoms with van der Waals surface area (Å²) in [4.78, 5) is 27.3. The van der Waals surface area contributed by atoms with E-state index < -0.39 is 23.5 Å². The second kappa shape index (κ2) is 8.44. The number of aliphatic hydroxyl groups is 1. The molecule has 156 valence electrons. The number of hydrogen-bond acceptors (Lipinski definition) is 4. The zero-order valence-corrected chi connectivity index (χ0v) is 16.8. The molecular formula is C25H20FNO4. The molecule has 3 aromatic rings. The molecule has 1 amide bonds. The summed E-state index contributed by atoms with van der Waals surface area (Å²) in [7, 11) is 0.